The van der Waals surface area contributed by atoms with Gasteiger partial charge in [0, 0.05) is 24.3 Å². The molecule has 0 bridgehead atoms. The van der Waals surface area contributed by atoms with E-state index in [2.05, 4.69) is 47.4 Å². The minimum absolute atomic E-state index is 0.0934. The standard InChI is InChI=1S/C20H29N3O/c1-22(2)18-10-7-14-13-15(8-9-17(14)18)21-20(24)19-11-12-23(19)16-5-3-4-6-16/h8-9,13,16,18-19H,3-7,10-12H2,1-2H3,(H,21,24). The first-order chi connectivity index (χ1) is 11.6. The van der Waals surface area contributed by atoms with Crippen molar-refractivity contribution < 1.29 is 4.79 Å². The van der Waals surface area contributed by atoms with Crippen LogP contribution in [-0.4, -0.2) is 48.4 Å². The minimum atomic E-state index is 0.0934. The molecular weight excluding hydrogens is 298 g/mol. The van der Waals surface area contributed by atoms with E-state index in [0.717, 1.165) is 25.1 Å². The average Bonchev–Trinajstić information content (AvgIpc) is 3.14. The van der Waals surface area contributed by atoms with E-state index in [4.69, 9.17) is 0 Å². The summed E-state index contributed by atoms with van der Waals surface area (Å²) in [6.07, 6.45) is 8.50. The van der Waals surface area contributed by atoms with Gasteiger partial charge in [-0.1, -0.05) is 18.9 Å². The van der Waals surface area contributed by atoms with Crippen LogP contribution in [0.3, 0.4) is 0 Å². The quantitative estimate of drug-likeness (QED) is 0.922. The molecule has 24 heavy (non-hydrogen) atoms. The van der Waals surface area contributed by atoms with Crippen LogP contribution >= 0.6 is 0 Å². The number of nitrogens with zero attached hydrogens (tertiary/aromatic N) is 2. The summed E-state index contributed by atoms with van der Waals surface area (Å²) in [7, 11) is 4.29. The summed E-state index contributed by atoms with van der Waals surface area (Å²) >= 11 is 0. The number of anilines is 1. The monoisotopic (exact) mass is 327 g/mol. The van der Waals surface area contributed by atoms with E-state index in [0.29, 0.717) is 12.1 Å². The second-order valence-corrected chi connectivity index (χ2v) is 7.90. The topological polar surface area (TPSA) is 35.6 Å². The maximum absolute atomic E-state index is 12.7. The zero-order chi connectivity index (χ0) is 16.7. The van der Waals surface area contributed by atoms with E-state index in [-0.39, 0.29) is 11.9 Å². The lowest BCUT2D eigenvalue weighted by Gasteiger charge is -2.43. The highest BCUT2D eigenvalue weighted by Crippen LogP contribution is 2.36. The van der Waals surface area contributed by atoms with Crippen LogP contribution in [0, 0.1) is 0 Å². The number of likely N-dealkylation sites (tertiary alicyclic amines) is 1. The molecule has 2 atom stereocenters. The number of fused-ring (bicyclic) bond motifs is 1. The number of rotatable bonds is 4. The number of carbonyl (C=O) groups excluding carboxylic acids is 1. The number of benzene rings is 1. The molecule has 0 radical (unpaired) electrons. The smallest absolute Gasteiger partial charge is 0.241 e. The Morgan fingerprint density at radius 2 is 1.96 bits per heavy atom. The number of hydrogen-bond donors (Lipinski definition) is 1. The Balaban J connectivity index is 1.41. The van der Waals surface area contributed by atoms with Crippen molar-refractivity contribution in [2.45, 2.75) is 63.1 Å². The fourth-order valence-corrected chi connectivity index (χ4v) is 4.80. The van der Waals surface area contributed by atoms with Crippen molar-refractivity contribution in [3.63, 3.8) is 0 Å². The zero-order valence-corrected chi connectivity index (χ0v) is 14.9. The fraction of sp³-hybridized carbons (Fsp3) is 0.650. The number of amides is 1. The molecule has 1 N–H and O–H groups in total. The molecule has 0 aromatic heterocycles. The molecule has 1 amide bonds. The number of aryl methyl sites for hydroxylation is 1. The predicted molar refractivity (Wildman–Crippen MR) is 97.2 cm³/mol. The molecule has 2 fully saturated rings. The van der Waals surface area contributed by atoms with Crippen molar-refractivity contribution in [2.24, 2.45) is 0 Å². The summed E-state index contributed by atoms with van der Waals surface area (Å²) in [5.74, 6) is 0.190. The third kappa shape index (κ3) is 2.86. The Morgan fingerprint density at radius 3 is 2.62 bits per heavy atom. The molecule has 1 saturated heterocycles. The summed E-state index contributed by atoms with van der Waals surface area (Å²) in [6, 6.07) is 7.74. The molecule has 1 heterocycles. The van der Waals surface area contributed by atoms with Crippen molar-refractivity contribution in [1.82, 2.24) is 9.80 Å². The van der Waals surface area contributed by atoms with Crippen LogP contribution in [0.15, 0.2) is 18.2 Å². The Labute approximate surface area is 145 Å². The van der Waals surface area contributed by atoms with E-state index in [9.17, 15) is 4.79 Å². The summed E-state index contributed by atoms with van der Waals surface area (Å²) in [6.45, 7) is 1.09. The molecule has 1 saturated carbocycles. The van der Waals surface area contributed by atoms with E-state index in [1.165, 1.54) is 43.2 Å². The van der Waals surface area contributed by atoms with Crippen LogP contribution in [-0.2, 0) is 11.2 Å². The van der Waals surface area contributed by atoms with Crippen molar-refractivity contribution >= 4 is 11.6 Å². The molecule has 2 unspecified atom stereocenters. The van der Waals surface area contributed by atoms with E-state index in [1.807, 2.05) is 0 Å². The Morgan fingerprint density at radius 1 is 1.17 bits per heavy atom. The fourth-order valence-electron chi connectivity index (χ4n) is 4.80. The largest absolute Gasteiger partial charge is 0.325 e. The van der Waals surface area contributed by atoms with Gasteiger partial charge in [-0.2, -0.15) is 0 Å². The molecule has 1 aliphatic heterocycles. The normalized spacial score (nSPS) is 27.3. The van der Waals surface area contributed by atoms with Gasteiger partial charge in [0.1, 0.15) is 0 Å². The van der Waals surface area contributed by atoms with Gasteiger partial charge in [-0.15, -0.1) is 0 Å². The Kier molecular flexibility index (Phi) is 4.35. The highest BCUT2D eigenvalue weighted by atomic mass is 16.2. The Hall–Kier alpha value is -1.39. The third-order valence-electron chi connectivity index (χ3n) is 6.24. The van der Waals surface area contributed by atoms with E-state index < -0.39 is 0 Å². The summed E-state index contributed by atoms with van der Waals surface area (Å²) in [5.41, 5.74) is 3.79. The molecule has 1 aromatic rings. The van der Waals surface area contributed by atoms with Gasteiger partial charge in [0.05, 0.1) is 6.04 Å². The lowest BCUT2D eigenvalue weighted by molar-refractivity contribution is -0.127. The molecule has 2 aliphatic carbocycles. The molecule has 4 rings (SSSR count). The Bertz CT molecular complexity index is 621. The van der Waals surface area contributed by atoms with Gasteiger partial charge in [0.2, 0.25) is 5.91 Å². The van der Waals surface area contributed by atoms with Gasteiger partial charge in [0.15, 0.2) is 0 Å². The minimum Gasteiger partial charge on any atom is -0.325 e. The van der Waals surface area contributed by atoms with Crippen LogP contribution in [0.2, 0.25) is 0 Å². The van der Waals surface area contributed by atoms with Crippen LogP contribution in [0.5, 0.6) is 0 Å². The highest BCUT2D eigenvalue weighted by Gasteiger charge is 2.39. The maximum atomic E-state index is 12.7. The second kappa shape index (κ2) is 6.49. The first-order valence-corrected chi connectivity index (χ1v) is 9.49. The zero-order valence-electron chi connectivity index (χ0n) is 14.9. The summed E-state index contributed by atoms with van der Waals surface area (Å²) in [5, 5.41) is 3.18. The van der Waals surface area contributed by atoms with Crippen LogP contribution in [0.25, 0.3) is 0 Å². The summed E-state index contributed by atoms with van der Waals surface area (Å²) < 4.78 is 0. The molecule has 3 aliphatic rings. The molecular formula is C20H29N3O. The average molecular weight is 327 g/mol. The number of hydrogen-bond acceptors (Lipinski definition) is 3. The van der Waals surface area contributed by atoms with Crippen LogP contribution in [0.1, 0.15) is 55.7 Å². The summed E-state index contributed by atoms with van der Waals surface area (Å²) in [4.78, 5) is 17.4. The van der Waals surface area contributed by atoms with Crippen LogP contribution in [0.4, 0.5) is 5.69 Å². The molecule has 0 spiro atoms. The number of nitrogens with one attached hydrogen (secondary N) is 1. The first-order valence-electron chi connectivity index (χ1n) is 9.49. The van der Waals surface area contributed by atoms with Gasteiger partial charge in [-0.3, -0.25) is 9.69 Å². The van der Waals surface area contributed by atoms with Gasteiger partial charge in [-0.25, -0.2) is 0 Å². The number of carbonyl (C=O) groups is 1. The SMILES string of the molecule is CN(C)C1CCc2cc(NC(=O)C3CCN3C3CCCC3)ccc21. The molecule has 130 valence electrons. The van der Waals surface area contributed by atoms with Crippen molar-refractivity contribution in [3.8, 4) is 0 Å². The van der Waals surface area contributed by atoms with Gasteiger partial charge >= 0.3 is 0 Å². The first kappa shape index (κ1) is 16.1. The highest BCUT2D eigenvalue weighted by molar-refractivity contribution is 5.95. The van der Waals surface area contributed by atoms with E-state index in [1.54, 1.807) is 0 Å². The van der Waals surface area contributed by atoms with Gasteiger partial charge < -0.3 is 10.2 Å². The van der Waals surface area contributed by atoms with Crippen molar-refractivity contribution in [2.75, 3.05) is 26.0 Å². The van der Waals surface area contributed by atoms with Gasteiger partial charge in [0.25, 0.3) is 0 Å². The van der Waals surface area contributed by atoms with Crippen LogP contribution < -0.4 is 5.32 Å². The third-order valence-corrected chi connectivity index (χ3v) is 6.24. The van der Waals surface area contributed by atoms with Gasteiger partial charge in [-0.05, 0) is 69.5 Å². The molecule has 4 nitrogen and oxygen atoms in total. The maximum Gasteiger partial charge on any atom is 0.241 e. The van der Waals surface area contributed by atoms with Crippen molar-refractivity contribution in [3.05, 3.63) is 29.3 Å². The van der Waals surface area contributed by atoms with Crippen molar-refractivity contribution in [1.29, 1.82) is 0 Å². The second-order valence-electron chi connectivity index (χ2n) is 7.90. The molecule has 4 heteroatoms. The predicted octanol–water partition coefficient (Wildman–Crippen LogP) is 3.19. The molecule has 1 aromatic carbocycles. The lowest BCUT2D eigenvalue weighted by Crippen LogP contribution is -2.57. The van der Waals surface area contributed by atoms with E-state index >= 15 is 0 Å². The lowest BCUT2D eigenvalue weighted by atomic mass is 9.97.